The Balaban J connectivity index is 1.70. The minimum atomic E-state index is -1.30. The van der Waals surface area contributed by atoms with Crippen molar-refractivity contribution >= 4 is 41.0 Å². The maximum Gasteiger partial charge on any atom is 0.325 e. The lowest BCUT2D eigenvalue weighted by Crippen LogP contribution is -2.43. The third-order valence-electron chi connectivity index (χ3n) is 4.58. The second-order valence-corrected chi connectivity index (χ2v) is 7.47. The number of aromatic nitrogens is 1. The summed E-state index contributed by atoms with van der Waals surface area (Å²) in [5.41, 5.74) is -0.116. The lowest BCUT2D eigenvalue weighted by Gasteiger charge is -2.22. The van der Waals surface area contributed by atoms with Crippen LogP contribution in [0.1, 0.15) is 18.2 Å². The Morgan fingerprint density at radius 2 is 1.96 bits per heavy atom. The minimum absolute atomic E-state index is 0.261. The summed E-state index contributed by atoms with van der Waals surface area (Å²) in [6.45, 7) is 1.46. The van der Waals surface area contributed by atoms with Gasteiger partial charge in [-0.05, 0) is 36.8 Å². The molecule has 2 heterocycles. The quantitative estimate of drug-likeness (QED) is 0.753. The number of nitrogens with zero attached hydrogens (tertiary/aromatic N) is 3. The van der Waals surface area contributed by atoms with E-state index in [4.69, 9.17) is 23.2 Å². The SMILES string of the molecule is CN(Cc1ccc(Cl)c(Cl)c1)C(=O)CN1C(=O)NC(C)(c2ccccn2)C1=O. The molecule has 9 heteroatoms. The van der Waals surface area contributed by atoms with Crippen molar-refractivity contribution in [1.29, 1.82) is 0 Å². The third kappa shape index (κ3) is 3.81. The van der Waals surface area contributed by atoms with Crippen LogP contribution in [0.25, 0.3) is 0 Å². The first-order valence-corrected chi connectivity index (χ1v) is 9.21. The lowest BCUT2D eigenvalue weighted by atomic mass is 9.97. The van der Waals surface area contributed by atoms with Crippen LogP contribution in [-0.4, -0.2) is 46.2 Å². The van der Waals surface area contributed by atoms with Crippen LogP contribution in [0.4, 0.5) is 4.79 Å². The zero-order chi connectivity index (χ0) is 20.5. The number of nitrogens with one attached hydrogen (secondary N) is 1. The number of imide groups is 1. The fourth-order valence-electron chi connectivity index (χ4n) is 2.93. The molecule has 146 valence electrons. The molecular weight excluding hydrogens is 403 g/mol. The summed E-state index contributed by atoms with van der Waals surface area (Å²) in [5, 5.41) is 3.44. The summed E-state index contributed by atoms with van der Waals surface area (Å²) >= 11 is 11.9. The van der Waals surface area contributed by atoms with Gasteiger partial charge in [0, 0.05) is 19.8 Å². The van der Waals surface area contributed by atoms with Crippen molar-refractivity contribution in [2.75, 3.05) is 13.6 Å². The minimum Gasteiger partial charge on any atom is -0.340 e. The number of benzene rings is 1. The second kappa shape index (κ2) is 7.77. The van der Waals surface area contributed by atoms with E-state index in [1.165, 1.54) is 4.90 Å². The van der Waals surface area contributed by atoms with Crippen LogP contribution in [0, 0.1) is 0 Å². The van der Waals surface area contributed by atoms with Crippen LogP contribution >= 0.6 is 23.2 Å². The van der Waals surface area contributed by atoms with Gasteiger partial charge in [-0.25, -0.2) is 4.79 Å². The molecule has 1 N–H and O–H groups in total. The van der Waals surface area contributed by atoms with Gasteiger partial charge in [0.1, 0.15) is 6.54 Å². The van der Waals surface area contributed by atoms with Gasteiger partial charge in [-0.2, -0.15) is 0 Å². The van der Waals surface area contributed by atoms with Gasteiger partial charge in [-0.1, -0.05) is 35.3 Å². The molecule has 1 unspecified atom stereocenters. The van der Waals surface area contributed by atoms with Crippen molar-refractivity contribution in [2.24, 2.45) is 0 Å². The average molecular weight is 421 g/mol. The predicted molar refractivity (Wildman–Crippen MR) is 105 cm³/mol. The molecule has 0 bridgehead atoms. The van der Waals surface area contributed by atoms with E-state index in [0.717, 1.165) is 10.5 Å². The van der Waals surface area contributed by atoms with Gasteiger partial charge < -0.3 is 10.2 Å². The van der Waals surface area contributed by atoms with Gasteiger partial charge in [0.15, 0.2) is 5.54 Å². The zero-order valence-corrected chi connectivity index (χ0v) is 16.8. The van der Waals surface area contributed by atoms with Crippen molar-refractivity contribution in [3.05, 3.63) is 63.9 Å². The van der Waals surface area contributed by atoms with Crippen LogP contribution in [0.3, 0.4) is 0 Å². The highest BCUT2D eigenvalue weighted by Gasteiger charge is 2.50. The molecule has 1 aromatic carbocycles. The average Bonchev–Trinajstić information content (AvgIpc) is 2.89. The van der Waals surface area contributed by atoms with Gasteiger partial charge in [0.2, 0.25) is 5.91 Å². The molecule has 0 saturated carbocycles. The summed E-state index contributed by atoms with van der Waals surface area (Å²) in [6, 6.07) is 9.53. The number of urea groups is 1. The Bertz CT molecular complexity index is 938. The second-order valence-electron chi connectivity index (χ2n) is 6.66. The topological polar surface area (TPSA) is 82.6 Å². The van der Waals surface area contributed by atoms with E-state index in [1.54, 1.807) is 56.6 Å². The standard InChI is InChI=1S/C19H18Cl2N4O3/c1-19(15-5-3-4-8-22-15)17(27)25(18(28)23-19)11-16(26)24(2)10-12-6-7-13(20)14(21)9-12/h3-9H,10-11H2,1-2H3,(H,23,28). The Morgan fingerprint density at radius 3 is 2.61 bits per heavy atom. The molecular formula is C19H18Cl2N4O3. The fourth-order valence-corrected chi connectivity index (χ4v) is 3.25. The maximum absolute atomic E-state index is 12.8. The first-order chi connectivity index (χ1) is 13.2. The normalized spacial score (nSPS) is 18.9. The number of carbonyl (C=O) groups excluding carboxylic acids is 3. The molecule has 1 aromatic heterocycles. The molecule has 3 rings (SSSR count). The number of hydrogen-bond acceptors (Lipinski definition) is 4. The molecule has 1 aliphatic heterocycles. The van der Waals surface area contributed by atoms with Gasteiger partial charge in [0.05, 0.1) is 15.7 Å². The van der Waals surface area contributed by atoms with Crippen LogP contribution in [-0.2, 0) is 21.7 Å². The molecule has 7 nitrogen and oxygen atoms in total. The monoisotopic (exact) mass is 420 g/mol. The highest BCUT2D eigenvalue weighted by atomic mass is 35.5. The highest BCUT2D eigenvalue weighted by molar-refractivity contribution is 6.42. The van der Waals surface area contributed by atoms with Crippen molar-refractivity contribution < 1.29 is 14.4 Å². The van der Waals surface area contributed by atoms with E-state index in [9.17, 15) is 14.4 Å². The van der Waals surface area contributed by atoms with Crippen LogP contribution < -0.4 is 5.32 Å². The molecule has 28 heavy (non-hydrogen) atoms. The van der Waals surface area contributed by atoms with Crippen molar-refractivity contribution in [3.63, 3.8) is 0 Å². The zero-order valence-electron chi connectivity index (χ0n) is 15.3. The Labute approximate surface area is 172 Å². The first-order valence-electron chi connectivity index (χ1n) is 8.46. The van der Waals surface area contributed by atoms with Gasteiger partial charge in [-0.3, -0.25) is 19.5 Å². The molecule has 0 radical (unpaired) electrons. The number of rotatable bonds is 5. The maximum atomic E-state index is 12.8. The number of likely N-dealkylation sites (N-methyl/N-ethyl adjacent to an activating group) is 1. The number of carbonyl (C=O) groups is 3. The van der Waals surface area contributed by atoms with E-state index in [2.05, 4.69) is 10.3 Å². The number of pyridine rings is 1. The largest absolute Gasteiger partial charge is 0.340 e. The van der Waals surface area contributed by atoms with Gasteiger partial charge in [-0.15, -0.1) is 0 Å². The van der Waals surface area contributed by atoms with E-state index < -0.39 is 17.5 Å². The number of amides is 4. The Kier molecular flexibility index (Phi) is 5.58. The van der Waals surface area contributed by atoms with E-state index in [1.807, 2.05) is 0 Å². The molecule has 1 saturated heterocycles. The van der Waals surface area contributed by atoms with E-state index in [-0.39, 0.29) is 19.0 Å². The van der Waals surface area contributed by atoms with Crippen molar-refractivity contribution in [1.82, 2.24) is 20.1 Å². The van der Waals surface area contributed by atoms with Crippen LogP contribution in [0.2, 0.25) is 10.0 Å². The van der Waals surface area contributed by atoms with Gasteiger partial charge >= 0.3 is 6.03 Å². The molecule has 1 fully saturated rings. The number of halogens is 2. The van der Waals surface area contributed by atoms with E-state index >= 15 is 0 Å². The smallest absolute Gasteiger partial charge is 0.325 e. The summed E-state index contributed by atoms with van der Waals surface area (Å²) in [6.07, 6.45) is 1.54. The van der Waals surface area contributed by atoms with Gasteiger partial charge in [0.25, 0.3) is 5.91 Å². The molecule has 0 spiro atoms. The lowest BCUT2D eigenvalue weighted by molar-refractivity contribution is -0.138. The predicted octanol–water partition coefficient (Wildman–Crippen LogP) is 2.81. The molecule has 1 aliphatic rings. The first kappa shape index (κ1) is 20.1. The third-order valence-corrected chi connectivity index (χ3v) is 5.31. The summed E-state index contributed by atoms with van der Waals surface area (Å²) < 4.78 is 0. The number of hydrogen-bond donors (Lipinski definition) is 1. The highest BCUT2D eigenvalue weighted by Crippen LogP contribution is 2.27. The fraction of sp³-hybridized carbons (Fsp3) is 0.263. The summed E-state index contributed by atoms with van der Waals surface area (Å²) in [4.78, 5) is 44.2. The van der Waals surface area contributed by atoms with Crippen molar-refractivity contribution in [2.45, 2.75) is 19.0 Å². The Hall–Kier alpha value is -2.64. The van der Waals surface area contributed by atoms with Crippen molar-refractivity contribution in [3.8, 4) is 0 Å². The molecule has 2 aromatic rings. The summed E-state index contributed by atoms with van der Waals surface area (Å²) in [7, 11) is 1.58. The summed E-state index contributed by atoms with van der Waals surface area (Å²) in [5.74, 6) is -0.910. The van der Waals surface area contributed by atoms with E-state index in [0.29, 0.717) is 15.7 Å². The Morgan fingerprint density at radius 1 is 1.21 bits per heavy atom. The van der Waals surface area contributed by atoms with Crippen LogP contribution in [0.5, 0.6) is 0 Å². The van der Waals surface area contributed by atoms with Crippen LogP contribution in [0.15, 0.2) is 42.6 Å². The molecule has 0 aliphatic carbocycles. The molecule has 4 amide bonds. The molecule has 1 atom stereocenters.